The van der Waals surface area contributed by atoms with E-state index in [0.29, 0.717) is 28.6 Å². The molecular weight excluding hydrogens is 610 g/mol. The first-order chi connectivity index (χ1) is 21.5. The third-order valence-electron chi connectivity index (χ3n) is 7.00. The number of benzene rings is 4. The van der Waals surface area contributed by atoms with Crippen molar-refractivity contribution in [2.24, 2.45) is 0 Å². The van der Waals surface area contributed by atoms with Crippen LogP contribution in [-0.2, 0) is 39.2 Å². The van der Waals surface area contributed by atoms with E-state index in [4.69, 9.17) is 16.3 Å². The number of sulfonamides is 1. The number of nitrogens with zero attached hydrogens (tertiary/aromatic N) is 2. The first kappa shape index (κ1) is 33.6. The summed E-state index contributed by atoms with van der Waals surface area (Å²) < 4.78 is 33.0. The lowest BCUT2D eigenvalue weighted by Gasteiger charge is -2.34. The molecular formula is C35H38ClN3O5S. The summed E-state index contributed by atoms with van der Waals surface area (Å²) in [7, 11) is -3.89. The maximum absolute atomic E-state index is 14.2. The number of ether oxygens (including phenoxy) is 1. The second kappa shape index (κ2) is 15.6. The summed E-state index contributed by atoms with van der Waals surface area (Å²) in [4.78, 5) is 29.3. The van der Waals surface area contributed by atoms with E-state index < -0.39 is 28.5 Å². The SMILES string of the molecule is CC(C)NC(=O)C(Cc1ccccc1)N(Cc1cccc(Cl)c1)C(=O)CN(c1ccc(OCc2ccccc2)cc1)S(C)(=O)=O. The maximum atomic E-state index is 14.2. The predicted molar refractivity (Wildman–Crippen MR) is 179 cm³/mol. The molecule has 0 bridgehead atoms. The number of anilines is 1. The Morgan fingerprint density at radius 1 is 0.822 bits per heavy atom. The van der Waals surface area contributed by atoms with Gasteiger partial charge in [0.25, 0.3) is 0 Å². The molecule has 1 atom stereocenters. The number of carbonyl (C=O) groups is 2. The Kier molecular flexibility index (Phi) is 11.6. The highest BCUT2D eigenvalue weighted by atomic mass is 35.5. The van der Waals surface area contributed by atoms with Crippen LogP contribution in [-0.4, -0.2) is 50.0 Å². The van der Waals surface area contributed by atoms with Gasteiger partial charge in [0.05, 0.1) is 11.9 Å². The molecule has 2 amide bonds. The third-order valence-corrected chi connectivity index (χ3v) is 8.37. The quantitative estimate of drug-likeness (QED) is 0.185. The third kappa shape index (κ3) is 10.1. The predicted octanol–water partition coefficient (Wildman–Crippen LogP) is 5.85. The molecule has 0 aliphatic rings. The molecule has 45 heavy (non-hydrogen) atoms. The molecule has 0 aliphatic carbocycles. The standard InChI is InChI=1S/C35H38ClN3O5S/c1-26(2)37-35(41)33(22-27-11-6-4-7-12-27)38(23-29-15-10-16-30(36)21-29)34(40)24-39(45(3,42)43)31-17-19-32(20-18-31)44-25-28-13-8-5-9-14-28/h4-21,26,33H,22-25H2,1-3H3,(H,37,41). The van der Waals surface area contributed by atoms with E-state index in [-0.39, 0.29) is 24.9 Å². The van der Waals surface area contributed by atoms with Crippen molar-refractivity contribution < 1.29 is 22.7 Å². The lowest BCUT2D eigenvalue weighted by Crippen LogP contribution is -2.54. The van der Waals surface area contributed by atoms with Gasteiger partial charge in [-0.25, -0.2) is 8.42 Å². The molecule has 0 aliphatic heterocycles. The van der Waals surface area contributed by atoms with E-state index in [1.165, 1.54) is 4.90 Å². The largest absolute Gasteiger partial charge is 0.489 e. The highest BCUT2D eigenvalue weighted by Gasteiger charge is 2.33. The Bertz CT molecular complexity index is 1670. The molecule has 8 nitrogen and oxygen atoms in total. The number of rotatable bonds is 14. The summed E-state index contributed by atoms with van der Waals surface area (Å²) in [5.41, 5.74) is 2.86. The van der Waals surface area contributed by atoms with Gasteiger partial charge in [-0.1, -0.05) is 84.4 Å². The fourth-order valence-corrected chi connectivity index (χ4v) is 5.89. The van der Waals surface area contributed by atoms with Crippen LogP contribution in [0.25, 0.3) is 0 Å². The smallest absolute Gasteiger partial charge is 0.244 e. The molecule has 4 aromatic rings. The van der Waals surface area contributed by atoms with Crippen LogP contribution < -0.4 is 14.4 Å². The molecule has 0 fully saturated rings. The number of amides is 2. The van der Waals surface area contributed by atoms with Crippen molar-refractivity contribution in [3.63, 3.8) is 0 Å². The van der Waals surface area contributed by atoms with Crippen LogP contribution >= 0.6 is 11.6 Å². The first-order valence-electron chi connectivity index (χ1n) is 14.6. The van der Waals surface area contributed by atoms with Crippen molar-refractivity contribution in [3.8, 4) is 5.75 Å². The topological polar surface area (TPSA) is 96.0 Å². The van der Waals surface area contributed by atoms with Gasteiger partial charge in [-0.3, -0.25) is 13.9 Å². The van der Waals surface area contributed by atoms with E-state index >= 15 is 0 Å². The molecule has 4 aromatic carbocycles. The molecule has 0 saturated carbocycles. The summed E-state index contributed by atoms with van der Waals surface area (Å²) in [6, 6.07) is 31.6. The van der Waals surface area contributed by atoms with Gasteiger partial charge < -0.3 is 15.0 Å². The lowest BCUT2D eigenvalue weighted by molar-refractivity contribution is -0.140. The monoisotopic (exact) mass is 647 g/mol. The molecule has 0 radical (unpaired) electrons. The minimum atomic E-state index is -3.89. The fourth-order valence-electron chi connectivity index (χ4n) is 4.83. The van der Waals surface area contributed by atoms with Gasteiger partial charge in [-0.15, -0.1) is 0 Å². The zero-order valence-corrected chi connectivity index (χ0v) is 27.2. The van der Waals surface area contributed by atoms with E-state index in [0.717, 1.165) is 21.7 Å². The van der Waals surface area contributed by atoms with Crippen molar-refractivity contribution in [1.82, 2.24) is 10.2 Å². The summed E-state index contributed by atoms with van der Waals surface area (Å²) in [5, 5.41) is 3.42. The van der Waals surface area contributed by atoms with Gasteiger partial charge in [-0.2, -0.15) is 0 Å². The van der Waals surface area contributed by atoms with E-state index in [9.17, 15) is 18.0 Å². The number of hydrogen-bond acceptors (Lipinski definition) is 5. The molecule has 4 rings (SSSR count). The van der Waals surface area contributed by atoms with Crippen LogP contribution in [0.3, 0.4) is 0 Å². The van der Waals surface area contributed by atoms with Gasteiger partial charge in [0.1, 0.15) is 24.9 Å². The molecule has 0 saturated heterocycles. The Morgan fingerprint density at radius 3 is 2.00 bits per heavy atom. The highest BCUT2D eigenvalue weighted by Crippen LogP contribution is 2.24. The summed E-state index contributed by atoms with van der Waals surface area (Å²) in [5.74, 6) is -0.321. The Labute approximate surface area is 270 Å². The summed E-state index contributed by atoms with van der Waals surface area (Å²) in [6.07, 6.45) is 1.28. The number of hydrogen-bond donors (Lipinski definition) is 1. The summed E-state index contributed by atoms with van der Waals surface area (Å²) in [6.45, 7) is 3.59. The Hall–Kier alpha value is -4.34. The van der Waals surface area contributed by atoms with Crippen molar-refractivity contribution in [2.75, 3.05) is 17.1 Å². The Balaban J connectivity index is 1.64. The van der Waals surface area contributed by atoms with Crippen molar-refractivity contribution >= 4 is 39.1 Å². The van der Waals surface area contributed by atoms with E-state index in [2.05, 4.69) is 5.32 Å². The molecule has 236 valence electrons. The van der Waals surface area contributed by atoms with Gasteiger partial charge in [0, 0.05) is 24.0 Å². The van der Waals surface area contributed by atoms with E-state index in [1.54, 1.807) is 42.5 Å². The zero-order chi connectivity index (χ0) is 32.4. The van der Waals surface area contributed by atoms with Gasteiger partial charge >= 0.3 is 0 Å². The number of halogens is 1. The average molecular weight is 648 g/mol. The molecule has 10 heteroatoms. The first-order valence-corrected chi connectivity index (χ1v) is 16.8. The molecule has 1 N–H and O–H groups in total. The minimum Gasteiger partial charge on any atom is -0.489 e. The highest BCUT2D eigenvalue weighted by molar-refractivity contribution is 7.92. The molecule has 0 heterocycles. The normalized spacial score (nSPS) is 11.9. The number of nitrogens with one attached hydrogen (secondary N) is 1. The van der Waals surface area contributed by atoms with Crippen molar-refractivity contribution in [1.29, 1.82) is 0 Å². The van der Waals surface area contributed by atoms with Crippen LogP contribution in [0.4, 0.5) is 5.69 Å². The van der Waals surface area contributed by atoms with Crippen molar-refractivity contribution in [3.05, 3.63) is 131 Å². The van der Waals surface area contributed by atoms with Crippen molar-refractivity contribution in [2.45, 2.75) is 45.5 Å². The van der Waals surface area contributed by atoms with Gasteiger partial charge in [-0.05, 0) is 66.9 Å². The van der Waals surface area contributed by atoms with Gasteiger partial charge in [0.2, 0.25) is 21.8 Å². The number of carbonyl (C=O) groups excluding carboxylic acids is 2. The second-order valence-electron chi connectivity index (χ2n) is 11.1. The lowest BCUT2D eigenvalue weighted by atomic mass is 10.0. The second-order valence-corrected chi connectivity index (χ2v) is 13.4. The van der Waals surface area contributed by atoms with Crippen LogP contribution in [0.5, 0.6) is 5.75 Å². The molecule has 0 spiro atoms. The zero-order valence-electron chi connectivity index (χ0n) is 25.6. The maximum Gasteiger partial charge on any atom is 0.244 e. The average Bonchev–Trinajstić information content (AvgIpc) is 3.01. The van der Waals surface area contributed by atoms with Crippen LogP contribution in [0.1, 0.15) is 30.5 Å². The Morgan fingerprint density at radius 2 is 1.42 bits per heavy atom. The molecule has 1 unspecified atom stereocenters. The van der Waals surface area contributed by atoms with E-state index in [1.807, 2.05) is 80.6 Å². The summed E-state index contributed by atoms with van der Waals surface area (Å²) >= 11 is 6.26. The van der Waals surface area contributed by atoms with Crippen LogP contribution in [0.2, 0.25) is 5.02 Å². The fraction of sp³-hybridized carbons (Fsp3) is 0.257. The van der Waals surface area contributed by atoms with Crippen LogP contribution in [0, 0.1) is 0 Å². The van der Waals surface area contributed by atoms with Crippen LogP contribution in [0.15, 0.2) is 109 Å². The van der Waals surface area contributed by atoms with Gasteiger partial charge in [0.15, 0.2) is 0 Å². The molecule has 0 aromatic heterocycles. The minimum absolute atomic E-state index is 0.0479.